The molecule has 2 aromatic rings. The third-order valence-electron chi connectivity index (χ3n) is 6.99. The molecule has 3 heterocycles. The highest BCUT2D eigenvalue weighted by molar-refractivity contribution is 7.79. The number of piperazine rings is 1. The van der Waals surface area contributed by atoms with Crippen LogP contribution in [0.5, 0.6) is 0 Å². The van der Waals surface area contributed by atoms with E-state index in [-0.39, 0.29) is 0 Å². The molecule has 1 aromatic heterocycles. The molecule has 1 aromatic carbocycles. The Bertz CT molecular complexity index is 954. The van der Waals surface area contributed by atoms with Crippen LogP contribution in [0.25, 0.3) is 10.1 Å². The topological polar surface area (TPSA) is 76.6 Å². The molecule has 0 N–H and O–H groups in total. The Morgan fingerprint density at radius 1 is 1.07 bits per heavy atom. The summed E-state index contributed by atoms with van der Waals surface area (Å²) in [6.07, 6.45) is 4.78. The lowest BCUT2D eigenvalue weighted by molar-refractivity contribution is -0.930. The lowest BCUT2D eigenvalue weighted by Gasteiger charge is -2.48. The molecule has 2 unspecified atom stereocenters. The van der Waals surface area contributed by atoms with Crippen molar-refractivity contribution in [2.75, 3.05) is 44.2 Å². The van der Waals surface area contributed by atoms with Crippen molar-refractivity contribution in [3.63, 3.8) is 0 Å². The molecule has 1 saturated carbocycles. The van der Waals surface area contributed by atoms with E-state index in [1.165, 1.54) is 24.4 Å². The fourth-order valence-corrected chi connectivity index (χ4v) is 7.24. The fourth-order valence-electron chi connectivity index (χ4n) is 5.42. The van der Waals surface area contributed by atoms with E-state index in [9.17, 15) is 13.0 Å². The van der Waals surface area contributed by atoms with Crippen LogP contribution in [0.4, 0.5) is 5.82 Å². The molecule has 2 aliphatic heterocycles. The van der Waals surface area contributed by atoms with Crippen molar-refractivity contribution in [2.45, 2.75) is 25.7 Å². The number of nitrogens with zero attached hydrogens (tertiary/aromatic N) is 4. The largest absolute Gasteiger partial charge is 0.700 e. The fraction of sp³-hybridized carbons (Fsp3) is 0.632. The molecule has 0 radical (unpaired) electrons. The van der Waals surface area contributed by atoms with Gasteiger partial charge in [-0.1, -0.05) is 25.0 Å². The van der Waals surface area contributed by atoms with E-state index in [0.717, 1.165) is 41.8 Å². The average Bonchev–Trinajstić information content (AvgIpc) is 3.31. The molecule has 7 nitrogen and oxygen atoms in total. The van der Waals surface area contributed by atoms with E-state index in [0.29, 0.717) is 38.0 Å². The van der Waals surface area contributed by atoms with Gasteiger partial charge in [0.1, 0.15) is 13.1 Å². The number of fused-ring (bicyclic) bond motifs is 2. The van der Waals surface area contributed by atoms with Crippen molar-refractivity contribution in [2.24, 2.45) is 11.8 Å². The highest BCUT2D eigenvalue weighted by Crippen LogP contribution is 2.40. The molecule has 152 valence electrons. The van der Waals surface area contributed by atoms with Crippen molar-refractivity contribution in [3.05, 3.63) is 24.3 Å². The smallest absolute Gasteiger partial charge is 0.273 e. The van der Waals surface area contributed by atoms with Gasteiger partial charge in [-0.15, -0.1) is 9.01 Å². The van der Waals surface area contributed by atoms with Gasteiger partial charge in [0.25, 0.3) is 10.3 Å². The predicted octanol–water partition coefficient (Wildman–Crippen LogP) is 2.43. The van der Waals surface area contributed by atoms with E-state index in [1.54, 1.807) is 0 Å². The van der Waals surface area contributed by atoms with Gasteiger partial charge in [-0.05, 0) is 48.3 Å². The van der Waals surface area contributed by atoms with Gasteiger partial charge >= 0.3 is 0 Å². The Kier molecular flexibility index (Phi) is 4.63. The van der Waals surface area contributed by atoms with E-state index < -0.39 is 14.3 Å². The van der Waals surface area contributed by atoms with Gasteiger partial charge in [-0.2, -0.15) is 12.8 Å². The SMILES string of the molecule is O=S(=O)([O-])[N+]1(N2CC3CCCCC3C2)CCN(c2nsc3ccccc23)CC1. The maximum atomic E-state index is 12.4. The molecule has 0 spiro atoms. The molecule has 2 atom stereocenters. The zero-order chi connectivity index (χ0) is 19.4. The van der Waals surface area contributed by atoms with Gasteiger partial charge in [0.2, 0.25) is 0 Å². The second-order valence-corrected chi connectivity index (χ2v) is 10.7. The van der Waals surface area contributed by atoms with Crippen molar-refractivity contribution >= 4 is 37.7 Å². The van der Waals surface area contributed by atoms with E-state index in [2.05, 4.69) is 21.4 Å². The van der Waals surface area contributed by atoms with Crippen LogP contribution in [0.15, 0.2) is 24.3 Å². The summed E-state index contributed by atoms with van der Waals surface area (Å²) >= 11 is 1.46. The second-order valence-electron chi connectivity index (χ2n) is 8.39. The zero-order valence-electron chi connectivity index (χ0n) is 15.9. The van der Waals surface area contributed by atoms with Gasteiger partial charge in [0.15, 0.2) is 5.82 Å². The Balaban J connectivity index is 1.40. The first-order valence-corrected chi connectivity index (χ1v) is 12.3. The summed E-state index contributed by atoms with van der Waals surface area (Å²) in [6.45, 7) is 3.15. The van der Waals surface area contributed by atoms with E-state index in [1.807, 2.05) is 17.1 Å². The minimum atomic E-state index is -4.48. The number of hydrogen-bond acceptors (Lipinski definition) is 7. The third-order valence-corrected chi connectivity index (χ3v) is 9.23. The maximum Gasteiger partial charge on any atom is 0.273 e. The van der Waals surface area contributed by atoms with Gasteiger partial charge in [0.05, 0.1) is 30.9 Å². The molecule has 5 rings (SSSR count). The lowest BCUT2D eigenvalue weighted by atomic mass is 9.82. The van der Waals surface area contributed by atoms with Crippen molar-refractivity contribution in [1.82, 2.24) is 9.38 Å². The number of quaternary nitrogens is 1. The summed E-state index contributed by atoms with van der Waals surface area (Å²) in [5, 5.41) is 3.09. The quantitative estimate of drug-likeness (QED) is 0.559. The highest BCUT2D eigenvalue weighted by Gasteiger charge is 2.51. The highest BCUT2D eigenvalue weighted by atomic mass is 32.2. The van der Waals surface area contributed by atoms with Gasteiger partial charge in [-0.25, -0.2) is 0 Å². The first-order chi connectivity index (χ1) is 13.5. The van der Waals surface area contributed by atoms with Crippen LogP contribution in [0, 0.1) is 11.8 Å². The number of hydrogen-bond donors (Lipinski definition) is 0. The average molecular weight is 423 g/mol. The van der Waals surface area contributed by atoms with Gasteiger partial charge in [-0.3, -0.25) is 0 Å². The van der Waals surface area contributed by atoms with Crippen molar-refractivity contribution < 1.29 is 17.0 Å². The van der Waals surface area contributed by atoms with Crippen LogP contribution in [0.3, 0.4) is 0 Å². The van der Waals surface area contributed by atoms with E-state index in [4.69, 9.17) is 0 Å². The van der Waals surface area contributed by atoms with Gasteiger partial charge < -0.3 is 9.45 Å². The number of rotatable bonds is 3. The molecule has 28 heavy (non-hydrogen) atoms. The monoisotopic (exact) mass is 422 g/mol. The molecule has 0 amide bonds. The molecule has 3 aliphatic rings. The Morgan fingerprint density at radius 3 is 2.36 bits per heavy atom. The summed E-state index contributed by atoms with van der Waals surface area (Å²) < 4.78 is 42.7. The summed E-state index contributed by atoms with van der Waals surface area (Å²) in [4.78, 5) is 2.14. The molecule has 0 bridgehead atoms. The summed E-state index contributed by atoms with van der Waals surface area (Å²) in [5.41, 5.74) is 0. The zero-order valence-corrected chi connectivity index (χ0v) is 17.5. The Labute approximate surface area is 170 Å². The first kappa shape index (κ1) is 18.7. The van der Waals surface area contributed by atoms with Crippen LogP contribution in [-0.2, 0) is 10.3 Å². The van der Waals surface area contributed by atoms with Crippen LogP contribution in [-0.4, -0.2) is 65.6 Å². The lowest BCUT2D eigenvalue weighted by Crippen LogP contribution is -2.69. The molecular weight excluding hydrogens is 396 g/mol. The normalized spacial score (nSPS) is 28.5. The third kappa shape index (κ3) is 2.95. The Hall–Kier alpha value is -1.26. The standard InChI is InChI=1S/C19H26N4O3S2/c24-28(25,26)23(22-13-15-5-1-2-6-16(15)14-22)11-9-21(10-12-23)19-17-7-3-4-8-18(17)27-20-19/h3-4,7-8,15-16H,1-2,5-6,9-14H2. The molecule has 2 saturated heterocycles. The first-order valence-electron chi connectivity index (χ1n) is 10.2. The van der Waals surface area contributed by atoms with Crippen molar-refractivity contribution in [1.29, 1.82) is 0 Å². The summed E-state index contributed by atoms with van der Waals surface area (Å²) in [5.74, 6) is 2.01. The minimum absolute atomic E-state index is 0.303. The van der Waals surface area contributed by atoms with E-state index >= 15 is 0 Å². The number of anilines is 1. The van der Waals surface area contributed by atoms with Crippen LogP contribution >= 0.6 is 11.5 Å². The summed E-state index contributed by atoms with van der Waals surface area (Å²) in [6, 6.07) is 8.10. The Morgan fingerprint density at radius 2 is 1.71 bits per heavy atom. The minimum Gasteiger partial charge on any atom is -0.700 e. The molecular formula is C19H26N4O3S2. The molecule has 9 heteroatoms. The van der Waals surface area contributed by atoms with Crippen LogP contribution in [0.1, 0.15) is 25.7 Å². The summed E-state index contributed by atoms with van der Waals surface area (Å²) in [7, 11) is -4.48. The molecule has 3 fully saturated rings. The number of aromatic nitrogens is 1. The van der Waals surface area contributed by atoms with Crippen LogP contribution in [0.2, 0.25) is 0 Å². The van der Waals surface area contributed by atoms with Gasteiger partial charge in [0, 0.05) is 5.39 Å². The second kappa shape index (κ2) is 6.91. The molecule has 1 aliphatic carbocycles. The van der Waals surface area contributed by atoms with Crippen molar-refractivity contribution in [3.8, 4) is 0 Å². The van der Waals surface area contributed by atoms with Crippen LogP contribution < -0.4 is 4.90 Å². The predicted molar refractivity (Wildman–Crippen MR) is 109 cm³/mol. The number of benzene rings is 1. The maximum absolute atomic E-state index is 12.4.